The van der Waals surface area contributed by atoms with Crippen LogP contribution >= 0.6 is 0 Å². The highest BCUT2D eigenvalue weighted by molar-refractivity contribution is 5.72. The van der Waals surface area contributed by atoms with Crippen molar-refractivity contribution in [2.24, 2.45) is 5.92 Å². The highest BCUT2D eigenvalue weighted by atomic mass is 16.6. The second kappa shape index (κ2) is 16.3. The average Bonchev–Trinajstić information content (AvgIpc) is 2.84. The maximum absolute atomic E-state index is 12.5. The predicted molar refractivity (Wildman–Crippen MR) is 129 cm³/mol. The van der Waals surface area contributed by atoms with E-state index in [1.807, 2.05) is 24.3 Å². The zero-order chi connectivity index (χ0) is 24.6. The Morgan fingerprint density at radius 2 is 1.79 bits per heavy atom. The van der Waals surface area contributed by atoms with E-state index in [9.17, 15) is 14.7 Å². The summed E-state index contributed by atoms with van der Waals surface area (Å²) < 4.78 is 21.4. The minimum absolute atomic E-state index is 0.232. The average molecular weight is 480 g/mol. The van der Waals surface area contributed by atoms with Crippen LogP contribution < -0.4 is 4.74 Å². The topological polar surface area (TPSA) is 94.5 Å². The lowest BCUT2D eigenvalue weighted by atomic mass is 9.86. The molecular formula is C26H41NO7. The van der Waals surface area contributed by atoms with Gasteiger partial charge in [-0.1, -0.05) is 44.2 Å². The molecule has 8 heteroatoms. The molecule has 0 aliphatic heterocycles. The first-order valence-corrected chi connectivity index (χ1v) is 12.5. The molecule has 192 valence electrons. The van der Waals surface area contributed by atoms with E-state index in [1.54, 1.807) is 18.9 Å². The highest BCUT2D eigenvalue weighted by Gasteiger charge is 2.19. The van der Waals surface area contributed by atoms with Gasteiger partial charge in [0.25, 0.3) is 0 Å². The minimum atomic E-state index is -0.969. The largest absolute Gasteiger partial charge is 0.492 e. The number of carboxylic acid groups (broad SMARTS) is 1. The van der Waals surface area contributed by atoms with Gasteiger partial charge in [0, 0.05) is 26.7 Å². The molecule has 8 nitrogen and oxygen atoms in total. The molecule has 0 saturated heterocycles. The molecule has 1 fully saturated rings. The van der Waals surface area contributed by atoms with E-state index in [0.717, 1.165) is 24.3 Å². The Hall–Kier alpha value is -2.32. The van der Waals surface area contributed by atoms with Crippen LogP contribution in [0.2, 0.25) is 0 Å². The quantitative estimate of drug-likeness (QED) is 0.348. The number of benzene rings is 1. The number of carbonyl (C=O) groups excluding carboxylic acids is 1. The first-order valence-electron chi connectivity index (χ1n) is 12.5. The highest BCUT2D eigenvalue weighted by Crippen LogP contribution is 2.27. The van der Waals surface area contributed by atoms with Gasteiger partial charge >= 0.3 is 12.1 Å². The Morgan fingerprint density at radius 3 is 2.44 bits per heavy atom. The van der Waals surface area contributed by atoms with Crippen LogP contribution in [0.15, 0.2) is 24.3 Å². The second-order valence-electron chi connectivity index (χ2n) is 8.72. The monoisotopic (exact) mass is 479 g/mol. The molecule has 1 amide bonds. The van der Waals surface area contributed by atoms with Gasteiger partial charge in [0.1, 0.15) is 19.0 Å². The second-order valence-corrected chi connectivity index (χ2v) is 8.72. The third kappa shape index (κ3) is 10.7. The Kier molecular flexibility index (Phi) is 13.4. The molecular weight excluding hydrogens is 438 g/mol. The predicted octanol–water partition coefficient (Wildman–Crippen LogP) is 4.54. The van der Waals surface area contributed by atoms with Crippen molar-refractivity contribution >= 4 is 12.1 Å². The molecule has 1 saturated carbocycles. The summed E-state index contributed by atoms with van der Waals surface area (Å²) in [6, 6.07) is 7.30. The number of nitrogens with zero attached hydrogens (tertiary/aromatic N) is 1. The Labute approximate surface area is 203 Å². The molecule has 1 aromatic rings. The van der Waals surface area contributed by atoms with Crippen LogP contribution in [0.1, 0.15) is 57.4 Å². The SMILES string of the molecule is CCOC(Cc1ccc(OCCN(CCCC2CCCCC2)C(=O)OCCOC)cc1)C(=O)O. The van der Waals surface area contributed by atoms with Crippen molar-refractivity contribution in [2.75, 3.05) is 46.6 Å². The van der Waals surface area contributed by atoms with E-state index in [2.05, 4.69) is 0 Å². The standard InChI is InChI=1S/C26H41NO7/c1-3-32-24(25(28)29)20-22-11-13-23(14-12-22)33-17-16-27(26(30)34-19-18-31-2)15-7-10-21-8-5-4-6-9-21/h11-14,21,24H,3-10,15-20H2,1-2H3,(H,28,29). The van der Waals surface area contributed by atoms with Crippen molar-refractivity contribution in [2.45, 2.75) is 64.4 Å². The van der Waals surface area contributed by atoms with Gasteiger partial charge in [-0.2, -0.15) is 0 Å². The first kappa shape index (κ1) is 27.9. The van der Waals surface area contributed by atoms with E-state index in [0.29, 0.717) is 45.1 Å². The molecule has 2 rings (SSSR count). The molecule has 1 aliphatic rings. The van der Waals surface area contributed by atoms with Crippen LogP contribution in [0.4, 0.5) is 4.79 Å². The van der Waals surface area contributed by atoms with Crippen molar-refractivity contribution in [1.82, 2.24) is 4.90 Å². The normalized spacial score (nSPS) is 15.0. The van der Waals surface area contributed by atoms with E-state index in [1.165, 1.54) is 32.1 Å². The first-order chi connectivity index (χ1) is 16.5. The summed E-state index contributed by atoms with van der Waals surface area (Å²) in [6.07, 6.45) is 7.80. The number of carbonyl (C=O) groups is 2. The Morgan fingerprint density at radius 1 is 1.06 bits per heavy atom. The lowest BCUT2D eigenvalue weighted by Crippen LogP contribution is -2.36. The molecule has 1 unspecified atom stereocenters. The van der Waals surface area contributed by atoms with Gasteiger partial charge in [0.05, 0.1) is 13.2 Å². The summed E-state index contributed by atoms with van der Waals surface area (Å²) in [6.45, 7) is 4.16. The number of ether oxygens (including phenoxy) is 4. The summed E-state index contributed by atoms with van der Waals surface area (Å²) in [5, 5.41) is 9.24. The third-order valence-corrected chi connectivity index (χ3v) is 6.15. The van der Waals surface area contributed by atoms with Gasteiger partial charge in [-0.15, -0.1) is 0 Å². The van der Waals surface area contributed by atoms with Crippen molar-refractivity contribution < 1.29 is 33.6 Å². The van der Waals surface area contributed by atoms with Crippen molar-refractivity contribution in [1.29, 1.82) is 0 Å². The minimum Gasteiger partial charge on any atom is -0.492 e. The van der Waals surface area contributed by atoms with Crippen LogP contribution in [0.25, 0.3) is 0 Å². The smallest absolute Gasteiger partial charge is 0.409 e. The van der Waals surface area contributed by atoms with Crippen molar-refractivity contribution in [3.8, 4) is 5.75 Å². The molecule has 1 atom stereocenters. The number of carboxylic acids is 1. The number of aliphatic carboxylic acids is 1. The zero-order valence-corrected chi connectivity index (χ0v) is 20.7. The molecule has 0 bridgehead atoms. The number of hydrogen-bond acceptors (Lipinski definition) is 6. The third-order valence-electron chi connectivity index (χ3n) is 6.15. The lowest BCUT2D eigenvalue weighted by molar-refractivity contribution is -0.149. The number of rotatable bonds is 16. The lowest BCUT2D eigenvalue weighted by Gasteiger charge is -2.25. The van der Waals surface area contributed by atoms with Crippen LogP contribution in [-0.2, 0) is 25.4 Å². The molecule has 1 N–H and O–H groups in total. The molecule has 1 aromatic carbocycles. The Balaban J connectivity index is 1.81. The van der Waals surface area contributed by atoms with E-state index in [-0.39, 0.29) is 12.7 Å². The van der Waals surface area contributed by atoms with E-state index < -0.39 is 12.1 Å². The maximum Gasteiger partial charge on any atom is 0.409 e. The fraction of sp³-hybridized carbons (Fsp3) is 0.692. The van der Waals surface area contributed by atoms with Crippen LogP contribution in [0.5, 0.6) is 5.75 Å². The summed E-state index contributed by atoms with van der Waals surface area (Å²) >= 11 is 0. The van der Waals surface area contributed by atoms with Crippen LogP contribution in [0, 0.1) is 5.92 Å². The fourth-order valence-corrected chi connectivity index (χ4v) is 4.27. The van der Waals surface area contributed by atoms with Gasteiger partial charge in [-0.05, 0) is 43.4 Å². The van der Waals surface area contributed by atoms with E-state index >= 15 is 0 Å². The van der Waals surface area contributed by atoms with Gasteiger partial charge in [0.15, 0.2) is 6.10 Å². The van der Waals surface area contributed by atoms with Crippen molar-refractivity contribution in [3.05, 3.63) is 29.8 Å². The molecule has 0 aromatic heterocycles. The summed E-state index contributed by atoms with van der Waals surface area (Å²) in [5.41, 5.74) is 0.860. The van der Waals surface area contributed by atoms with Crippen LogP contribution in [-0.4, -0.2) is 74.8 Å². The molecule has 0 radical (unpaired) electrons. The zero-order valence-electron chi connectivity index (χ0n) is 20.7. The summed E-state index contributed by atoms with van der Waals surface area (Å²) in [7, 11) is 1.58. The molecule has 34 heavy (non-hydrogen) atoms. The molecule has 1 aliphatic carbocycles. The number of amides is 1. The van der Waals surface area contributed by atoms with Gasteiger partial charge in [-0.25, -0.2) is 9.59 Å². The number of methoxy groups -OCH3 is 1. The van der Waals surface area contributed by atoms with Gasteiger partial charge < -0.3 is 29.0 Å². The summed E-state index contributed by atoms with van der Waals surface area (Å²) in [4.78, 5) is 25.5. The Bertz CT molecular complexity index is 704. The molecule has 0 spiro atoms. The van der Waals surface area contributed by atoms with Crippen molar-refractivity contribution in [3.63, 3.8) is 0 Å². The van der Waals surface area contributed by atoms with Gasteiger partial charge in [0.2, 0.25) is 0 Å². The number of hydrogen-bond donors (Lipinski definition) is 1. The summed E-state index contributed by atoms with van der Waals surface area (Å²) in [5.74, 6) is 0.475. The van der Waals surface area contributed by atoms with E-state index in [4.69, 9.17) is 18.9 Å². The van der Waals surface area contributed by atoms with Crippen LogP contribution in [0.3, 0.4) is 0 Å². The maximum atomic E-state index is 12.5. The van der Waals surface area contributed by atoms with Gasteiger partial charge in [-0.3, -0.25) is 0 Å². The molecule has 0 heterocycles. The fourth-order valence-electron chi connectivity index (χ4n) is 4.27.